The van der Waals surface area contributed by atoms with Gasteiger partial charge in [0.15, 0.2) is 5.96 Å². The second-order valence-corrected chi connectivity index (χ2v) is 7.55. The molecule has 0 radical (unpaired) electrons. The van der Waals surface area contributed by atoms with Gasteiger partial charge < -0.3 is 20.3 Å². The smallest absolute Gasteiger partial charge is 0.222 e. The topological polar surface area (TPSA) is 78.9 Å². The van der Waals surface area contributed by atoms with Gasteiger partial charge in [-0.15, -0.1) is 0 Å². The number of nitrogens with one attached hydrogen (secondary N) is 2. The Morgan fingerprint density at radius 3 is 2.89 bits per heavy atom. The first kappa shape index (κ1) is 20.4. The Kier molecular flexibility index (Phi) is 7.51. The molecule has 1 aliphatic heterocycles. The molecule has 1 saturated carbocycles. The second kappa shape index (κ2) is 10.3. The van der Waals surface area contributed by atoms with Crippen LogP contribution < -0.4 is 15.4 Å². The van der Waals surface area contributed by atoms with Crippen molar-refractivity contribution < 1.29 is 9.53 Å². The van der Waals surface area contributed by atoms with E-state index in [-0.39, 0.29) is 11.9 Å². The lowest BCUT2D eigenvalue weighted by atomic mass is 10.2. The zero-order valence-electron chi connectivity index (χ0n) is 17.1. The van der Waals surface area contributed by atoms with Gasteiger partial charge in [-0.25, -0.2) is 9.98 Å². The molecule has 28 heavy (non-hydrogen) atoms. The number of pyridine rings is 1. The molecular weight excluding hydrogens is 354 g/mol. The first-order valence-electron chi connectivity index (χ1n) is 10.6. The molecule has 2 aliphatic rings. The van der Waals surface area contributed by atoms with Crippen LogP contribution in [0.2, 0.25) is 0 Å². The summed E-state index contributed by atoms with van der Waals surface area (Å²) in [6, 6.07) is 4.21. The third-order valence-corrected chi connectivity index (χ3v) is 5.34. The van der Waals surface area contributed by atoms with Crippen LogP contribution in [0.25, 0.3) is 0 Å². The Balaban J connectivity index is 1.56. The molecule has 7 nitrogen and oxygen atoms in total. The van der Waals surface area contributed by atoms with E-state index in [4.69, 9.17) is 9.73 Å². The molecule has 2 N–H and O–H groups in total. The minimum Gasteiger partial charge on any atom is -0.474 e. The van der Waals surface area contributed by atoms with Gasteiger partial charge in [-0.05, 0) is 50.7 Å². The van der Waals surface area contributed by atoms with Gasteiger partial charge in [0.05, 0.1) is 6.54 Å². The maximum absolute atomic E-state index is 11.9. The SMILES string of the molecule is CCNC(=NCc1ccnc(OC2CCCC2)c1)NC1CCN(C(=O)CC)C1. The second-order valence-electron chi connectivity index (χ2n) is 7.55. The highest BCUT2D eigenvalue weighted by molar-refractivity contribution is 5.80. The van der Waals surface area contributed by atoms with Gasteiger partial charge in [0.1, 0.15) is 6.10 Å². The van der Waals surface area contributed by atoms with E-state index in [0.29, 0.717) is 24.9 Å². The molecule has 154 valence electrons. The molecule has 1 saturated heterocycles. The zero-order chi connectivity index (χ0) is 19.8. The van der Waals surface area contributed by atoms with E-state index in [0.717, 1.165) is 50.4 Å². The molecule has 2 fully saturated rings. The highest BCUT2D eigenvalue weighted by atomic mass is 16.5. The van der Waals surface area contributed by atoms with Crippen LogP contribution in [0.1, 0.15) is 57.9 Å². The van der Waals surface area contributed by atoms with E-state index < -0.39 is 0 Å². The summed E-state index contributed by atoms with van der Waals surface area (Å²) in [6.07, 6.45) is 8.35. The molecule has 0 bridgehead atoms. The molecule has 7 heteroatoms. The monoisotopic (exact) mass is 387 g/mol. The van der Waals surface area contributed by atoms with Crippen molar-refractivity contribution in [2.45, 2.75) is 71.1 Å². The van der Waals surface area contributed by atoms with Gasteiger partial charge in [0, 0.05) is 44.4 Å². The molecule has 0 aromatic carbocycles. The lowest BCUT2D eigenvalue weighted by Crippen LogP contribution is -2.45. The maximum Gasteiger partial charge on any atom is 0.222 e. The minimum absolute atomic E-state index is 0.220. The molecule has 0 spiro atoms. The van der Waals surface area contributed by atoms with Crippen LogP contribution in [-0.2, 0) is 11.3 Å². The molecular formula is C21H33N5O2. The Labute approximate surface area is 168 Å². The van der Waals surface area contributed by atoms with Crippen LogP contribution in [-0.4, -0.2) is 53.5 Å². The molecule has 1 unspecified atom stereocenters. The number of aromatic nitrogens is 1. The average Bonchev–Trinajstić information content (AvgIpc) is 3.38. The predicted molar refractivity (Wildman–Crippen MR) is 110 cm³/mol. The fraction of sp³-hybridized carbons (Fsp3) is 0.667. The van der Waals surface area contributed by atoms with Crippen molar-refractivity contribution in [3.63, 3.8) is 0 Å². The van der Waals surface area contributed by atoms with Crippen molar-refractivity contribution in [1.29, 1.82) is 0 Å². The number of guanidine groups is 1. The number of aliphatic imine (C=N–C) groups is 1. The highest BCUT2D eigenvalue weighted by Gasteiger charge is 2.25. The molecule has 1 atom stereocenters. The van der Waals surface area contributed by atoms with Crippen LogP contribution in [0.4, 0.5) is 0 Å². The number of nitrogens with zero attached hydrogens (tertiary/aromatic N) is 3. The van der Waals surface area contributed by atoms with Crippen LogP contribution in [0.15, 0.2) is 23.3 Å². The Bertz CT molecular complexity index is 673. The quantitative estimate of drug-likeness (QED) is 0.555. The van der Waals surface area contributed by atoms with E-state index in [1.165, 1.54) is 12.8 Å². The van der Waals surface area contributed by atoms with E-state index >= 15 is 0 Å². The maximum atomic E-state index is 11.9. The minimum atomic E-state index is 0.220. The van der Waals surface area contributed by atoms with Crippen LogP contribution in [0.5, 0.6) is 5.88 Å². The Hall–Kier alpha value is -2.31. The standard InChI is InChI=1S/C21H33N5O2/c1-3-20(27)26-12-10-17(15-26)25-21(22-4-2)24-14-16-9-11-23-19(13-16)28-18-7-5-6-8-18/h9,11,13,17-18H,3-8,10,12,14-15H2,1-2H3,(H2,22,24,25). The zero-order valence-corrected chi connectivity index (χ0v) is 17.1. The van der Waals surface area contributed by atoms with E-state index in [2.05, 4.69) is 22.5 Å². The normalized spacial score (nSPS) is 20.4. The van der Waals surface area contributed by atoms with Gasteiger partial charge >= 0.3 is 0 Å². The van der Waals surface area contributed by atoms with E-state index in [9.17, 15) is 4.79 Å². The number of ether oxygens (including phenoxy) is 1. The Morgan fingerprint density at radius 2 is 2.14 bits per heavy atom. The number of hydrogen-bond donors (Lipinski definition) is 2. The summed E-state index contributed by atoms with van der Waals surface area (Å²) in [5.41, 5.74) is 1.08. The van der Waals surface area contributed by atoms with Gasteiger partial charge in [0.25, 0.3) is 0 Å². The number of rotatable bonds is 7. The summed E-state index contributed by atoms with van der Waals surface area (Å²) in [7, 11) is 0. The number of likely N-dealkylation sites (tertiary alicyclic amines) is 1. The summed E-state index contributed by atoms with van der Waals surface area (Å²) in [4.78, 5) is 22.9. The third-order valence-electron chi connectivity index (χ3n) is 5.34. The lowest BCUT2D eigenvalue weighted by Gasteiger charge is -2.18. The summed E-state index contributed by atoms with van der Waals surface area (Å²) < 4.78 is 5.99. The van der Waals surface area contributed by atoms with E-state index in [1.807, 2.05) is 24.0 Å². The summed E-state index contributed by atoms with van der Waals surface area (Å²) in [5.74, 6) is 1.70. The Morgan fingerprint density at radius 1 is 1.32 bits per heavy atom. The van der Waals surface area contributed by atoms with Gasteiger partial charge in [-0.1, -0.05) is 6.92 Å². The fourth-order valence-corrected chi connectivity index (χ4v) is 3.80. The van der Waals surface area contributed by atoms with E-state index in [1.54, 1.807) is 6.20 Å². The lowest BCUT2D eigenvalue weighted by molar-refractivity contribution is -0.129. The van der Waals surface area contributed by atoms with Crippen molar-refractivity contribution >= 4 is 11.9 Å². The van der Waals surface area contributed by atoms with Crippen molar-refractivity contribution in [3.8, 4) is 5.88 Å². The number of carbonyl (C=O) groups excluding carboxylic acids is 1. The number of carbonyl (C=O) groups is 1. The number of amides is 1. The fourth-order valence-electron chi connectivity index (χ4n) is 3.80. The first-order valence-corrected chi connectivity index (χ1v) is 10.6. The van der Waals surface area contributed by atoms with Crippen LogP contribution in [0, 0.1) is 0 Å². The van der Waals surface area contributed by atoms with Crippen molar-refractivity contribution in [2.24, 2.45) is 4.99 Å². The third kappa shape index (κ3) is 5.84. The molecule has 3 rings (SSSR count). The summed E-state index contributed by atoms with van der Waals surface area (Å²) in [6.45, 7) is 6.88. The predicted octanol–water partition coefficient (Wildman–Crippen LogP) is 2.47. The van der Waals surface area contributed by atoms with Gasteiger partial charge in [0.2, 0.25) is 11.8 Å². The summed E-state index contributed by atoms with van der Waals surface area (Å²) >= 11 is 0. The van der Waals surface area contributed by atoms with Crippen LogP contribution in [0.3, 0.4) is 0 Å². The average molecular weight is 388 g/mol. The van der Waals surface area contributed by atoms with Crippen LogP contribution >= 0.6 is 0 Å². The van der Waals surface area contributed by atoms with Crippen molar-refractivity contribution in [2.75, 3.05) is 19.6 Å². The summed E-state index contributed by atoms with van der Waals surface area (Å²) in [5, 5.41) is 6.77. The van der Waals surface area contributed by atoms with Crippen molar-refractivity contribution in [1.82, 2.24) is 20.5 Å². The number of hydrogen-bond acceptors (Lipinski definition) is 4. The van der Waals surface area contributed by atoms with Crippen molar-refractivity contribution in [3.05, 3.63) is 23.9 Å². The molecule has 1 aromatic rings. The molecule has 1 aliphatic carbocycles. The molecule has 1 aromatic heterocycles. The largest absolute Gasteiger partial charge is 0.474 e. The molecule has 1 amide bonds. The first-order chi connectivity index (χ1) is 13.7. The van der Waals surface area contributed by atoms with Gasteiger partial charge in [-0.3, -0.25) is 4.79 Å². The highest BCUT2D eigenvalue weighted by Crippen LogP contribution is 2.23. The molecule has 2 heterocycles. The van der Waals surface area contributed by atoms with Gasteiger partial charge in [-0.2, -0.15) is 0 Å².